The fourth-order valence-corrected chi connectivity index (χ4v) is 11.2. The van der Waals surface area contributed by atoms with Crippen molar-refractivity contribution in [3.05, 3.63) is 35.9 Å². The van der Waals surface area contributed by atoms with Crippen LogP contribution in [0, 0.1) is 5.92 Å². The summed E-state index contributed by atoms with van der Waals surface area (Å²) < 4.78 is 42.4. The third-order valence-corrected chi connectivity index (χ3v) is 15.1. The van der Waals surface area contributed by atoms with Crippen LogP contribution in [0.2, 0.25) is 0 Å². The van der Waals surface area contributed by atoms with Gasteiger partial charge in [-0.15, -0.1) is 5.11 Å². The number of methoxy groups -OCH3 is 1. The normalized spacial score (nSPS) is 15.6. The van der Waals surface area contributed by atoms with Gasteiger partial charge in [-0.2, -0.15) is 0 Å². The molecule has 0 aliphatic carbocycles. The number of carbonyl (C=O) groups excluding carboxylic acids is 2. The lowest BCUT2D eigenvalue weighted by molar-refractivity contribution is -0.165. The highest BCUT2D eigenvalue weighted by Crippen LogP contribution is 2.43. The molecule has 0 amide bonds. The number of carbonyl (C=O) groups is 2. The number of esters is 2. The first-order chi connectivity index (χ1) is 30.2. The Hall–Kier alpha value is -2.53. The van der Waals surface area contributed by atoms with Crippen LogP contribution in [0.15, 0.2) is 40.7 Å². The molecular formula is C51H92N4O6S. The zero-order valence-corrected chi connectivity index (χ0v) is 41.0. The van der Waals surface area contributed by atoms with E-state index >= 15 is 8.42 Å². The Morgan fingerprint density at radius 2 is 0.984 bits per heavy atom. The van der Waals surface area contributed by atoms with Gasteiger partial charge in [0.15, 0.2) is 6.17 Å². The van der Waals surface area contributed by atoms with Crippen molar-refractivity contribution >= 4 is 22.0 Å². The first-order valence-electron chi connectivity index (χ1n) is 25.8. The van der Waals surface area contributed by atoms with E-state index in [1.165, 1.54) is 175 Å². The molecule has 1 unspecified atom stereocenters. The van der Waals surface area contributed by atoms with E-state index < -0.39 is 39.0 Å². The summed E-state index contributed by atoms with van der Waals surface area (Å²) in [5, 5.41) is 8.10. The zero-order chi connectivity index (χ0) is 45.0. The Kier molecular flexibility index (Phi) is 32.1. The van der Waals surface area contributed by atoms with Gasteiger partial charge in [0.05, 0.1) is 7.11 Å². The molecule has 3 atom stereocenters. The van der Waals surface area contributed by atoms with Crippen LogP contribution < -0.4 is 5.53 Å². The first-order valence-corrected chi connectivity index (χ1v) is 27.2. The smallest absolute Gasteiger partial charge is 0.313 e. The second kappa shape index (κ2) is 35.8. The maximum absolute atomic E-state index is 15.1. The van der Waals surface area contributed by atoms with Crippen molar-refractivity contribution in [1.82, 2.24) is 9.95 Å². The zero-order valence-electron chi connectivity index (χ0n) is 40.2. The number of ether oxygens (including phenoxy) is 2. The molecule has 1 heterocycles. The number of nitrogens with zero attached hydrogens (tertiary/aromatic N) is 3. The van der Waals surface area contributed by atoms with Gasteiger partial charge in [0.1, 0.15) is 5.92 Å². The molecule has 10 nitrogen and oxygen atoms in total. The number of hydrogen-bond acceptors (Lipinski definition) is 9. The molecule has 1 aliphatic heterocycles. The molecule has 0 aromatic heterocycles. The summed E-state index contributed by atoms with van der Waals surface area (Å²) in [4.78, 5) is 24.5. The number of unbranched alkanes of at least 4 members (excludes halogenated alkanes) is 32. The van der Waals surface area contributed by atoms with E-state index in [0.29, 0.717) is 18.4 Å². The highest BCUT2D eigenvalue weighted by Gasteiger charge is 2.60. The van der Waals surface area contributed by atoms with Crippen molar-refractivity contribution in [3.63, 3.8) is 0 Å². The van der Waals surface area contributed by atoms with Gasteiger partial charge in [0.2, 0.25) is 4.93 Å². The lowest BCUT2D eigenvalue weighted by atomic mass is 9.90. The number of sulfonamides is 1. The molecule has 62 heavy (non-hydrogen) atoms. The minimum absolute atomic E-state index is 0.0366. The van der Waals surface area contributed by atoms with Gasteiger partial charge < -0.3 is 9.47 Å². The molecule has 1 N–H and O–H groups in total. The Labute approximate surface area is 380 Å². The summed E-state index contributed by atoms with van der Waals surface area (Å²) in [7, 11) is -3.34. The predicted molar refractivity (Wildman–Crippen MR) is 255 cm³/mol. The Morgan fingerprint density at radius 3 is 1.35 bits per heavy atom. The predicted octanol–water partition coefficient (Wildman–Crippen LogP) is 15.3. The molecule has 1 aliphatic rings. The standard InChI is InChI=1S/C51H92N4O6S/c1-5-7-9-11-13-15-17-19-20-21-22-23-24-25-26-27-28-29-31-33-35-40-44-48(50(57)60-4)51(61-46(3)56,45-41-36-34-32-30-18-16-14-12-10-8-6-2)62(58,59)55-49(52-53-54-55)47-42-38-37-39-43-47/h37-39,42-43,48-49H,5-36,40-41,44-45H2,1-4H3,(H,52,54)/t48?,49-,51-/m1/s1. The van der Waals surface area contributed by atoms with Crippen LogP contribution >= 0.6 is 0 Å². The maximum atomic E-state index is 15.1. The first kappa shape index (κ1) is 55.6. The molecule has 0 spiro atoms. The van der Waals surface area contributed by atoms with Crippen LogP contribution in [-0.4, -0.2) is 36.8 Å². The van der Waals surface area contributed by atoms with Gasteiger partial charge in [0, 0.05) is 13.3 Å². The molecule has 0 saturated carbocycles. The van der Waals surface area contributed by atoms with E-state index in [9.17, 15) is 9.59 Å². The average molecular weight is 889 g/mol. The molecule has 2 rings (SSSR count). The van der Waals surface area contributed by atoms with Crippen molar-refractivity contribution in [2.45, 2.75) is 263 Å². The van der Waals surface area contributed by atoms with Crippen molar-refractivity contribution in [2.24, 2.45) is 16.3 Å². The van der Waals surface area contributed by atoms with Crippen LogP contribution in [0.1, 0.15) is 264 Å². The third kappa shape index (κ3) is 22.4. The minimum Gasteiger partial charge on any atom is -0.469 e. The van der Waals surface area contributed by atoms with Crippen LogP contribution in [0.5, 0.6) is 0 Å². The highest BCUT2D eigenvalue weighted by atomic mass is 32.2. The molecule has 0 bridgehead atoms. The summed E-state index contributed by atoms with van der Waals surface area (Å²) in [6.45, 7) is 5.73. The van der Waals surface area contributed by atoms with Gasteiger partial charge in [-0.25, -0.2) is 14.0 Å². The van der Waals surface area contributed by atoms with E-state index in [4.69, 9.17) is 9.47 Å². The number of hydrazine groups is 1. The Balaban J connectivity index is 1.90. The Bertz CT molecular complexity index is 1400. The largest absolute Gasteiger partial charge is 0.469 e. The van der Waals surface area contributed by atoms with Crippen LogP contribution in [0.3, 0.4) is 0 Å². The lowest BCUT2D eigenvalue weighted by Gasteiger charge is -2.40. The van der Waals surface area contributed by atoms with Crippen molar-refractivity contribution < 1.29 is 27.5 Å². The summed E-state index contributed by atoms with van der Waals surface area (Å²) in [5.41, 5.74) is 3.17. The molecule has 1 aromatic rings. The number of rotatable bonds is 42. The Morgan fingerprint density at radius 1 is 0.613 bits per heavy atom. The number of benzene rings is 1. The summed E-state index contributed by atoms with van der Waals surface area (Å²) in [5.74, 6) is -2.68. The molecular weight excluding hydrogens is 797 g/mol. The fourth-order valence-electron chi connectivity index (χ4n) is 9.14. The second-order valence-electron chi connectivity index (χ2n) is 18.2. The molecule has 0 fully saturated rings. The molecule has 1 aromatic carbocycles. The molecule has 0 saturated heterocycles. The topological polar surface area (TPSA) is 127 Å². The van der Waals surface area contributed by atoms with E-state index in [0.717, 1.165) is 49.4 Å². The third-order valence-electron chi connectivity index (χ3n) is 12.9. The van der Waals surface area contributed by atoms with Gasteiger partial charge in [-0.1, -0.05) is 266 Å². The minimum atomic E-state index is -4.61. The summed E-state index contributed by atoms with van der Waals surface area (Å²) in [6.07, 6.45) is 40.5. The number of hydrogen-bond donors (Lipinski definition) is 1. The lowest BCUT2D eigenvalue weighted by Crippen LogP contribution is -2.59. The van der Waals surface area contributed by atoms with Crippen LogP contribution in [-0.2, 0) is 29.1 Å². The monoisotopic (exact) mass is 889 g/mol. The number of nitrogens with one attached hydrogen (secondary N) is 1. The van der Waals surface area contributed by atoms with Crippen molar-refractivity contribution in [3.8, 4) is 0 Å². The van der Waals surface area contributed by atoms with E-state index in [-0.39, 0.29) is 12.8 Å². The van der Waals surface area contributed by atoms with Crippen molar-refractivity contribution in [2.75, 3.05) is 7.11 Å². The van der Waals surface area contributed by atoms with Crippen LogP contribution in [0.4, 0.5) is 0 Å². The fraction of sp³-hybridized carbons (Fsp3) is 0.843. The average Bonchev–Trinajstić information content (AvgIpc) is 3.78. The molecule has 358 valence electrons. The summed E-state index contributed by atoms with van der Waals surface area (Å²) >= 11 is 0. The highest BCUT2D eigenvalue weighted by molar-refractivity contribution is 7.90. The summed E-state index contributed by atoms with van der Waals surface area (Å²) in [6, 6.07) is 9.00. The van der Waals surface area contributed by atoms with Gasteiger partial charge in [0.25, 0.3) is 10.0 Å². The van der Waals surface area contributed by atoms with E-state index in [2.05, 4.69) is 29.7 Å². The molecule has 11 heteroatoms. The van der Waals surface area contributed by atoms with Gasteiger partial charge >= 0.3 is 11.9 Å². The van der Waals surface area contributed by atoms with Crippen molar-refractivity contribution in [1.29, 1.82) is 0 Å². The van der Waals surface area contributed by atoms with E-state index in [1.54, 1.807) is 24.3 Å². The van der Waals surface area contributed by atoms with Crippen LogP contribution in [0.25, 0.3) is 0 Å². The van der Waals surface area contributed by atoms with E-state index in [1.807, 2.05) is 6.07 Å². The van der Waals surface area contributed by atoms with Gasteiger partial charge in [-0.3, -0.25) is 9.59 Å². The SMILES string of the molecule is CCCCCCCCCCCCCCCCCCCCCCCCC(C(=O)OC)[C@](CCCCCCCCCCCCCC)(OC(C)=O)S(=O)(=O)N1NN=N[C@H]1c1ccccc1. The maximum Gasteiger partial charge on any atom is 0.313 e. The van der Waals surface area contributed by atoms with Gasteiger partial charge in [-0.05, 0) is 18.4 Å². The quantitative estimate of drug-likeness (QED) is 0.0511. The second-order valence-corrected chi connectivity index (χ2v) is 20.3. The molecule has 0 radical (unpaired) electrons.